The lowest BCUT2D eigenvalue weighted by Crippen LogP contribution is -2.26. The molecule has 0 spiro atoms. The van der Waals surface area contributed by atoms with Crippen LogP contribution in [0.1, 0.15) is 40.0 Å². The molecule has 4 nitrogen and oxygen atoms in total. The normalized spacial score (nSPS) is 12.0. The van der Waals surface area contributed by atoms with E-state index in [-0.39, 0.29) is 17.4 Å². The van der Waals surface area contributed by atoms with Gasteiger partial charge in [-0.05, 0) is 55.7 Å². The van der Waals surface area contributed by atoms with Crippen molar-refractivity contribution in [1.29, 1.82) is 0 Å². The number of carbonyl (C=O) groups is 1. The van der Waals surface area contributed by atoms with Gasteiger partial charge in [0, 0.05) is 17.2 Å². The van der Waals surface area contributed by atoms with E-state index in [4.69, 9.17) is 4.42 Å². The first-order valence-electron chi connectivity index (χ1n) is 9.94. The van der Waals surface area contributed by atoms with E-state index in [0.29, 0.717) is 22.3 Å². The monoisotopic (exact) mass is 397 g/mol. The largest absolute Gasteiger partial charge is 0.456 e. The van der Waals surface area contributed by atoms with Gasteiger partial charge in [-0.3, -0.25) is 9.59 Å². The zero-order valence-corrected chi connectivity index (χ0v) is 17.2. The summed E-state index contributed by atoms with van der Waals surface area (Å²) in [5.41, 5.74) is 4.83. The van der Waals surface area contributed by atoms with Gasteiger partial charge in [-0.2, -0.15) is 0 Å². The first-order chi connectivity index (χ1) is 14.4. The van der Waals surface area contributed by atoms with Crippen LogP contribution in [-0.2, 0) is 0 Å². The summed E-state index contributed by atoms with van der Waals surface area (Å²) in [4.78, 5) is 25.2. The van der Waals surface area contributed by atoms with Crippen molar-refractivity contribution >= 4 is 16.9 Å². The number of rotatable bonds is 4. The smallest absolute Gasteiger partial charge is 0.251 e. The zero-order chi connectivity index (χ0) is 21.3. The molecule has 1 N–H and O–H groups in total. The van der Waals surface area contributed by atoms with Gasteiger partial charge >= 0.3 is 0 Å². The summed E-state index contributed by atoms with van der Waals surface area (Å²) in [6, 6.07) is 22.2. The number of hydrogen-bond donors (Lipinski definition) is 1. The summed E-state index contributed by atoms with van der Waals surface area (Å²) in [5, 5.41) is 3.59. The Bertz CT molecular complexity index is 1270. The SMILES string of the molecule is Cc1cc(C)c2oc(-c3ccc(C(=O)NC(C)c4ccccc4)cc3)cc(=O)c2c1. The second-order valence-corrected chi connectivity index (χ2v) is 7.62. The van der Waals surface area contributed by atoms with Crippen LogP contribution in [-0.4, -0.2) is 5.91 Å². The minimum Gasteiger partial charge on any atom is -0.456 e. The Morgan fingerprint density at radius 3 is 2.33 bits per heavy atom. The highest BCUT2D eigenvalue weighted by atomic mass is 16.3. The van der Waals surface area contributed by atoms with Crippen LogP contribution < -0.4 is 10.7 Å². The third-order valence-electron chi connectivity index (χ3n) is 5.24. The zero-order valence-electron chi connectivity index (χ0n) is 17.2. The van der Waals surface area contributed by atoms with Crippen molar-refractivity contribution < 1.29 is 9.21 Å². The number of hydrogen-bond acceptors (Lipinski definition) is 3. The highest BCUT2D eigenvalue weighted by molar-refractivity contribution is 5.95. The van der Waals surface area contributed by atoms with Crippen molar-refractivity contribution in [1.82, 2.24) is 5.32 Å². The maximum atomic E-state index is 12.6. The summed E-state index contributed by atoms with van der Waals surface area (Å²) in [7, 11) is 0. The molecule has 0 aliphatic rings. The molecule has 1 atom stereocenters. The lowest BCUT2D eigenvalue weighted by molar-refractivity contribution is 0.0940. The fraction of sp³-hybridized carbons (Fsp3) is 0.154. The van der Waals surface area contributed by atoms with E-state index in [9.17, 15) is 9.59 Å². The van der Waals surface area contributed by atoms with Crippen LogP contribution in [0.25, 0.3) is 22.3 Å². The first-order valence-corrected chi connectivity index (χ1v) is 9.94. The van der Waals surface area contributed by atoms with Crippen LogP contribution in [0.4, 0.5) is 0 Å². The van der Waals surface area contributed by atoms with Crippen LogP contribution in [0, 0.1) is 13.8 Å². The molecule has 0 saturated carbocycles. The van der Waals surface area contributed by atoms with Gasteiger partial charge in [-0.25, -0.2) is 0 Å². The van der Waals surface area contributed by atoms with Crippen molar-refractivity contribution in [2.75, 3.05) is 0 Å². The minimum absolute atomic E-state index is 0.0726. The summed E-state index contributed by atoms with van der Waals surface area (Å²) >= 11 is 0. The number of aryl methyl sites for hydroxylation is 2. The number of nitrogens with one attached hydrogen (secondary N) is 1. The maximum absolute atomic E-state index is 12.6. The molecule has 4 rings (SSSR count). The van der Waals surface area contributed by atoms with E-state index < -0.39 is 0 Å². The average molecular weight is 397 g/mol. The van der Waals surface area contributed by atoms with Gasteiger partial charge in [0.25, 0.3) is 5.91 Å². The third kappa shape index (κ3) is 3.90. The molecule has 3 aromatic carbocycles. The van der Waals surface area contributed by atoms with Gasteiger partial charge in [0.2, 0.25) is 0 Å². The Kier molecular flexibility index (Phi) is 5.23. The summed E-state index contributed by atoms with van der Waals surface area (Å²) in [6.07, 6.45) is 0. The molecule has 0 bridgehead atoms. The number of fused-ring (bicyclic) bond motifs is 1. The number of carbonyl (C=O) groups excluding carboxylic acids is 1. The summed E-state index contributed by atoms with van der Waals surface area (Å²) < 4.78 is 6.04. The highest BCUT2D eigenvalue weighted by Crippen LogP contribution is 2.25. The van der Waals surface area contributed by atoms with E-state index in [1.165, 1.54) is 6.07 Å². The second-order valence-electron chi connectivity index (χ2n) is 7.62. The van der Waals surface area contributed by atoms with Gasteiger partial charge < -0.3 is 9.73 Å². The lowest BCUT2D eigenvalue weighted by atomic mass is 10.0. The molecule has 30 heavy (non-hydrogen) atoms. The van der Waals surface area contributed by atoms with Crippen molar-refractivity contribution in [2.45, 2.75) is 26.8 Å². The van der Waals surface area contributed by atoms with E-state index in [1.807, 2.05) is 63.2 Å². The van der Waals surface area contributed by atoms with Crippen LogP contribution in [0.5, 0.6) is 0 Å². The molecule has 0 fully saturated rings. The predicted molar refractivity (Wildman–Crippen MR) is 120 cm³/mol. The Labute approximate surface area is 175 Å². The molecule has 4 aromatic rings. The standard InChI is InChI=1S/C26H23NO3/c1-16-13-17(2)25-22(14-16)23(28)15-24(30-25)20-9-11-21(12-10-20)26(29)27-18(3)19-7-5-4-6-8-19/h4-15,18H,1-3H3,(H,27,29). The van der Waals surface area contributed by atoms with Crippen molar-refractivity contribution in [3.63, 3.8) is 0 Å². The molecule has 0 aliphatic carbocycles. The van der Waals surface area contributed by atoms with E-state index in [1.54, 1.807) is 24.3 Å². The molecule has 0 aliphatic heterocycles. The Balaban J connectivity index is 1.59. The molecule has 150 valence electrons. The molecule has 1 heterocycles. The fourth-order valence-corrected chi connectivity index (χ4v) is 3.64. The van der Waals surface area contributed by atoms with Crippen molar-refractivity contribution in [2.24, 2.45) is 0 Å². The third-order valence-corrected chi connectivity index (χ3v) is 5.24. The van der Waals surface area contributed by atoms with Gasteiger partial charge in [0.15, 0.2) is 5.43 Å². The Morgan fingerprint density at radius 2 is 1.63 bits per heavy atom. The minimum atomic E-state index is -0.149. The maximum Gasteiger partial charge on any atom is 0.251 e. The van der Waals surface area contributed by atoms with Gasteiger partial charge in [0.1, 0.15) is 11.3 Å². The van der Waals surface area contributed by atoms with Gasteiger partial charge in [-0.15, -0.1) is 0 Å². The second kappa shape index (κ2) is 7.99. The molecule has 4 heteroatoms. The Morgan fingerprint density at radius 1 is 0.933 bits per heavy atom. The van der Waals surface area contributed by atoms with Gasteiger partial charge in [-0.1, -0.05) is 48.5 Å². The van der Waals surface area contributed by atoms with Crippen LogP contribution >= 0.6 is 0 Å². The Hall–Kier alpha value is -3.66. The fourth-order valence-electron chi connectivity index (χ4n) is 3.64. The molecular formula is C26H23NO3. The average Bonchev–Trinajstić information content (AvgIpc) is 2.75. The highest BCUT2D eigenvalue weighted by Gasteiger charge is 2.13. The summed E-state index contributed by atoms with van der Waals surface area (Å²) in [6.45, 7) is 5.85. The quantitative estimate of drug-likeness (QED) is 0.490. The van der Waals surface area contributed by atoms with Crippen LogP contribution in [0.15, 0.2) is 82.0 Å². The topological polar surface area (TPSA) is 59.3 Å². The lowest BCUT2D eigenvalue weighted by Gasteiger charge is -2.14. The molecule has 1 aromatic heterocycles. The first kappa shape index (κ1) is 19.6. The molecular weight excluding hydrogens is 374 g/mol. The van der Waals surface area contributed by atoms with Crippen LogP contribution in [0.3, 0.4) is 0 Å². The number of amides is 1. The van der Waals surface area contributed by atoms with E-state index >= 15 is 0 Å². The molecule has 1 unspecified atom stereocenters. The number of benzene rings is 3. The van der Waals surface area contributed by atoms with E-state index in [2.05, 4.69) is 5.32 Å². The van der Waals surface area contributed by atoms with E-state index in [0.717, 1.165) is 22.3 Å². The summed E-state index contributed by atoms with van der Waals surface area (Å²) in [5.74, 6) is 0.341. The van der Waals surface area contributed by atoms with Crippen molar-refractivity contribution in [3.05, 3.63) is 105 Å². The molecule has 0 saturated heterocycles. The van der Waals surface area contributed by atoms with Crippen molar-refractivity contribution in [3.8, 4) is 11.3 Å². The molecule has 0 radical (unpaired) electrons. The van der Waals surface area contributed by atoms with Gasteiger partial charge in [0.05, 0.1) is 11.4 Å². The predicted octanol–water partition coefficient (Wildman–Crippen LogP) is 5.57. The molecule has 1 amide bonds. The van der Waals surface area contributed by atoms with Crippen LogP contribution in [0.2, 0.25) is 0 Å².